The van der Waals surface area contributed by atoms with Gasteiger partial charge in [-0.2, -0.15) is 0 Å². The average Bonchev–Trinajstić information content (AvgIpc) is 2.80. The molecule has 160 valence electrons. The molecule has 2 saturated heterocycles. The largest absolute Gasteiger partial charge is 0.391 e. The number of aliphatic hydroxyl groups excluding tert-OH is 1. The van der Waals surface area contributed by atoms with E-state index in [1.807, 2.05) is 0 Å². The Balaban J connectivity index is 1.24. The number of morpholine rings is 1. The fraction of sp³-hybridized carbons (Fsp3) is 0.538. The molecule has 0 unspecified atom stereocenters. The average molecular weight is 407 g/mol. The molecule has 5 rings (SSSR count). The van der Waals surface area contributed by atoms with Gasteiger partial charge in [-0.3, -0.25) is 9.80 Å². The molecule has 0 radical (unpaired) electrons. The summed E-state index contributed by atoms with van der Waals surface area (Å²) < 4.78 is 6.11. The number of piperidine rings is 1. The van der Waals surface area contributed by atoms with E-state index in [1.165, 1.54) is 24.0 Å². The second-order valence-corrected chi connectivity index (χ2v) is 9.26. The molecule has 2 aromatic rings. The number of likely N-dealkylation sites (tertiary alicyclic amines) is 1. The lowest BCUT2D eigenvalue weighted by Gasteiger charge is -2.51. The highest BCUT2D eigenvalue weighted by Gasteiger charge is 2.44. The van der Waals surface area contributed by atoms with Gasteiger partial charge in [0.2, 0.25) is 0 Å². The maximum Gasteiger partial charge on any atom is 0.0756 e. The van der Waals surface area contributed by atoms with Crippen LogP contribution in [0.25, 0.3) is 0 Å². The number of hydrogen-bond donors (Lipinski definition) is 1. The van der Waals surface area contributed by atoms with Crippen molar-refractivity contribution >= 4 is 0 Å². The number of fused-ring (bicyclic) bond motifs is 1. The second kappa shape index (κ2) is 9.19. The summed E-state index contributed by atoms with van der Waals surface area (Å²) in [5, 5.41) is 11.0. The summed E-state index contributed by atoms with van der Waals surface area (Å²) in [5.74, 6) is 0.656. The number of hydrogen-bond acceptors (Lipinski definition) is 4. The summed E-state index contributed by atoms with van der Waals surface area (Å²) >= 11 is 0. The molecule has 1 saturated carbocycles. The molecule has 4 atom stereocenters. The predicted octanol–water partition coefficient (Wildman–Crippen LogP) is 3.66. The van der Waals surface area contributed by atoms with Crippen LogP contribution in [0, 0.1) is 0 Å². The van der Waals surface area contributed by atoms with Crippen LogP contribution in [-0.2, 0) is 11.3 Å². The Labute approximate surface area is 180 Å². The van der Waals surface area contributed by atoms with Crippen LogP contribution >= 0.6 is 0 Å². The van der Waals surface area contributed by atoms with Gasteiger partial charge in [-0.15, -0.1) is 0 Å². The van der Waals surface area contributed by atoms with Crippen LogP contribution in [0.1, 0.15) is 42.7 Å². The monoisotopic (exact) mass is 406 g/mol. The van der Waals surface area contributed by atoms with E-state index in [9.17, 15) is 5.11 Å². The van der Waals surface area contributed by atoms with Gasteiger partial charge >= 0.3 is 0 Å². The Hall–Kier alpha value is -1.72. The minimum absolute atomic E-state index is 0.163. The third kappa shape index (κ3) is 4.33. The van der Waals surface area contributed by atoms with Gasteiger partial charge in [0.05, 0.1) is 18.8 Å². The van der Waals surface area contributed by atoms with Crippen molar-refractivity contribution in [1.29, 1.82) is 0 Å². The first-order valence-electron chi connectivity index (χ1n) is 11.6. The number of rotatable bonds is 4. The van der Waals surface area contributed by atoms with E-state index >= 15 is 0 Å². The van der Waals surface area contributed by atoms with Gasteiger partial charge in [-0.1, -0.05) is 60.7 Å². The van der Waals surface area contributed by atoms with Crippen molar-refractivity contribution in [2.75, 3.05) is 26.2 Å². The van der Waals surface area contributed by atoms with Crippen LogP contribution in [0.4, 0.5) is 0 Å². The Morgan fingerprint density at radius 1 is 0.833 bits per heavy atom. The Morgan fingerprint density at radius 2 is 1.53 bits per heavy atom. The molecule has 2 aliphatic heterocycles. The van der Waals surface area contributed by atoms with Crippen molar-refractivity contribution in [2.45, 2.75) is 62.4 Å². The summed E-state index contributed by atoms with van der Waals surface area (Å²) in [6.45, 7) is 4.89. The highest BCUT2D eigenvalue weighted by atomic mass is 16.5. The van der Waals surface area contributed by atoms with Crippen LogP contribution < -0.4 is 0 Å². The third-order valence-electron chi connectivity index (χ3n) is 7.51. The summed E-state index contributed by atoms with van der Waals surface area (Å²) in [6, 6.07) is 22.3. The lowest BCUT2D eigenvalue weighted by molar-refractivity contribution is -0.136. The fourth-order valence-corrected chi connectivity index (χ4v) is 5.86. The van der Waals surface area contributed by atoms with Crippen molar-refractivity contribution in [3.8, 4) is 0 Å². The minimum Gasteiger partial charge on any atom is -0.391 e. The molecule has 2 heterocycles. The van der Waals surface area contributed by atoms with Gasteiger partial charge < -0.3 is 9.84 Å². The third-order valence-corrected chi connectivity index (χ3v) is 7.51. The molecule has 1 N–H and O–H groups in total. The lowest BCUT2D eigenvalue weighted by atomic mass is 9.81. The highest BCUT2D eigenvalue weighted by Crippen LogP contribution is 2.35. The Bertz CT molecular complexity index is 791. The molecule has 3 fully saturated rings. The zero-order chi connectivity index (χ0) is 20.3. The predicted molar refractivity (Wildman–Crippen MR) is 119 cm³/mol. The van der Waals surface area contributed by atoms with E-state index in [1.54, 1.807) is 0 Å². The quantitative estimate of drug-likeness (QED) is 0.841. The normalized spacial score (nSPS) is 31.4. The molecule has 4 heteroatoms. The zero-order valence-electron chi connectivity index (χ0n) is 17.8. The standard InChI is InChI=1S/C26H34N2O2/c29-25-18-26-24(28(15-16-30-26)19-20-7-3-1-4-8-20)17-23(25)27-13-11-22(12-14-27)21-9-5-2-6-10-21/h1-10,22-26,29H,11-19H2/t23-,24-,25-,26-/m0/s1. The van der Waals surface area contributed by atoms with Crippen molar-refractivity contribution in [3.63, 3.8) is 0 Å². The number of benzene rings is 2. The molecule has 2 aromatic carbocycles. The number of aliphatic hydroxyl groups is 1. The molecular formula is C26H34N2O2. The van der Waals surface area contributed by atoms with Crippen molar-refractivity contribution < 1.29 is 9.84 Å². The zero-order valence-corrected chi connectivity index (χ0v) is 17.8. The summed E-state index contributed by atoms with van der Waals surface area (Å²) in [4.78, 5) is 5.16. The molecule has 0 spiro atoms. The van der Waals surface area contributed by atoms with Crippen LogP contribution in [0.5, 0.6) is 0 Å². The summed E-state index contributed by atoms with van der Waals surface area (Å²) in [7, 11) is 0. The summed E-state index contributed by atoms with van der Waals surface area (Å²) in [6.07, 6.45) is 4.03. The molecule has 30 heavy (non-hydrogen) atoms. The van der Waals surface area contributed by atoms with Gasteiger partial charge in [0.15, 0.2) is 0 Å². The molecule has 4 nitrogen and oxygen atoms in total. The maximum absolute atomic E-state index is 11.0. The molecule has 1 aliphatic carbocycles. The second-order valence-electron chi connectivity index (χ2n) is 9.26. The first-order valence-corrected chi connectivity index (χ1v) is 11.6. The molecular weight excluding hydrogens is 372 g/mol. The van der Waals surface area contributed by atoms with Crippen molar-refractivity contribution in [3.05, 3.63) is 71.8 Å². The van der Waals surface area contributed by atoms with Gasteiger partial charge in [-0.25, -0.2) is 0 Å². The van der Waals surface area contributed by atoms with Crippen molar-refractivity contribution in [2.24, 2.45) is 0 Å². The van der Waals surface area contributed by atoms with E-state index in [0.717, 1.165) is 45.6 Å². The van der Waals surface area contributed by atoms with Gasteiger partial charge in [0.25, 0.3) is 0 Å². The van der Waals surface area contributed by atoms with Crippen molar-refractivity contribution in [1.82, 2.24) is 9.80 Å². The first-order chi connectivity index (χ1) is 14.8. The van der Waals surface area contributed by atoms with Gasteiger partial charge in [0.1, 0.15) is 0 Å². The Kier molecular flexibility index (Phi) is 6.19. The van der Waals surface area contributed by atoms with Crippen LogP contribution in [0.3, 0.4) is 0 Å². The fourth-order valence-electron chi connectivity index (χ4n) is 5.86. The van der Waals surface area contributed by atoms with E-state index in [0.29, 0.717) is 12.0 Å². The smallest absolute Gasteiger partial charge is 0.0756 e. The van der Waals surface area contributed by atoms with Crippen LogP contribution in [-0.4, -0.2) is 65.4 Å². The topological polar surface area (TPSA) is 35.9 Å². The molecule has 0 bridgehead atoms. The molecule has 3 aliphatic rings. The van der Waals surface area contributed by atoms with Crippen LogP contribution in [0.2, 0.25) is 0 Å². The highest BCUT2D eigenvalue weighted by molar-refractivity contribution is 5.20. The Morgan fingerprint density at radius 3 is 2.27 bits per heavy atom. The van der Waals surface area contributed by atoms with E-state index < -0.39 is 0 Å². The number of nitrogens with zero attached hydrogens (tertiary/aromatic N) is 2. The van der Waals surface area contributed by atoms with Gasteiger partial charge in [-0.05, 0) is 49.4 Å². The summed E-state index contributed by atoms with van der Waals surface area (Å²) in [5.41, 5.74) is 2.83. The number of ether oxygens (including phenoxy) is 1. The molecule has 0 amide bonds. The SMILES string of the molecule is O[C@H]1C[C@@H]2OCCN(Cc3ccccc3)[C@H]2C[C@@H]1N1CCC(c2ccccc2)CC1. The van der Waals surface area contributed by atoms with Crippen LogP contribution in [0.15, 0.2) is 60.7 Å². The maximum atomic E-state index is 11.0. The van der Waals surface area contributed by atoms with Gasteiger partial charge in [0, 0.05) is 31.6 Å². The minimum atomic E-state index is -0.281. The first kappa shape index (κ1) is 20.2. The lowest BCUT2D eigenvalue weighted by Crippen LogP contribution is -2.61. The van der Waals surface area contributed by atoms with E-state index in [2.05, 4.69) is 70.5 Å². The van der Waals surface area contributed by atoms with E-state index in [-0.39, 0.29) is 18.2 Å². The van der Waals surface area contributed by atoms with E-state index in [4.69, 9.17) is 4.74 Å². The molecule has 0 aromatic heterocycles.